The second-order valence-corrected chi connectivity index (χ2v) is 13.7. The molecule has 4 fully saturated rings. The molecule has 0 aliphatic heterocycles. The number of fused-ring (bicyclic) bond motifs is 9. The number of carbonyl (C=O) groups excluding carboxylic acids is 1. The van der Waals surface area contributed by atoms with Crippen LogP contribution < -0.4 is 4.74 Å². The van der Waals surface area contributed by atoms with Gasteiger partial charge in [0.05, 0.1) is 10.9 Å². The van der Waals surface area contributed by atoms with Crippen LogP contribution in [0.2, 0.25) is 0 Å². The Morgan fingerprint density at radius 3 is 2.18 bits per heavy atom. The molecule has 4 saturated carbocycles. The fraction of sp³-hybridized carbons (Fsp3) is 0.424. The Kier molecular flexibility index (Phi) is 6.03. The molecule has 0 saturated heterocycles. The van der Waals surface area contributed by atoms with E-state index in [9.17, 15) is 9.18 Å². The van der Waals surface area contributed by atoms with Crippen LogP contribution in [0.3, 0.4) is 0 Å². The molecule has 0 amide bonds. The summed E-state index contributed by atoms with van der Waals surface area (Å²) in [6.07, 6.45) is 6.22. The van der Waals surface area contributed by atoms with E-state index in [0.29, 0.717) is 17.8 Å². The van der Waals surface area contributed by atoms with E-state index in [1.807, 2.05) is 36.4 Å². The lowest BCUT2D eigenvalue weighted by Gasteiger charge is -2.45. The molecule has 0 radical (unpaired) electrons. The van der Waals surface area contributed by atoms with E-state index in [1.165, 1.54) is 31.7 Å². The molecule has 38 heavy (non-hydrogen) atoms. The van der Waals surface area contributed by atoms with Gasteiger partial charge in [-0.15, -0.1) is 0 Å². The number of carbonyl (C=O) groups is 1. The molecule has 7 unspecified atom stereocenters. The predicted molar refractivity (Wildman–Crippen MR) is 146 cm³/mol. The first kappa shape index (κ1) is 24.3. The second-order valence-electron chi connectivity index (χ2n) is 11.7. The molecule has 196 valence electrons. The molecule has 4 aliphatic rings. The minimum atomic E-state index is -0.769. The average Bonchev–Trinajstić information content (AvgIpc) is 3.72. The summed E-state index contributed by atoms with van der Waals surface area (Å²) < 4.78 is 26.8. The van der Waals surface area contributed by atoms with Crippen molar-refractivity contribution in [2.24, 2.45) is 35.5 Å². The van der Waals surface area contributed by atoms with E-state index >= 15 is 0 Å². The lowest BCUT2D eigenvalue weighted by molar-refractivity contribution is -0.0877. The average molecular weight is 530 g/mol. The van der Waals surface area contributed by atoms with Crippen molar-refractivity contribution in [1.29, 1.82) is 0 Å². The molecular weight excluding hydrogens is 495 g/mol. The van der Waals surface area contributed by atoms with Crippen LogP contribution in [0.4, 0.5) is 9.18 Å². The highest BCUT2D eigenvalue weighted by Gasteiger charge is 2.67. The maximum Gasteiger partial charge on any atom is 0.514 e. The van der Waals surface area contributed by atoms with Crippen molar-refractivity contribution in [3.8, 4) is 5.75 Å². The maximum absolute atomic E-state index is 15.0. The van der Waals surface area contributed by atoms with Crippen LogP contribution in [0, 0.1) is 41.3 Å². The van der Waals surface area contributed by atoms with E-state index in [4.69, 9.17) is 9.47 Å². The zero-order valence-corrected chi connectivity index (χ0v) is 22.5. The molecule has 0 N–H and O–H groups in total. The van der Waals surface area contributed by atoms with Gasteiger partial charge in [0, 0.05) is 12.0 Å². The summed E-state index contributed by atoms with van der Waals surface area (Å²) in [6, 6.07) is 25.2. The van der Waals surface area contributed by atoms with Gasteiger partial charge in [0.15, 0.2) is 26.3 Å². The highest BCUT2D eigenvalue weighted by molar-refractivity contribution is 7.97. The first-order valence-corrected chi connectivity index (χ1v) is 15.3. The summed E-state index contributed by atoms with van der Waals surface area (Å²) >= 11 is 0. The molecular formula is C33H34FO3S+. The number of halogens is 1. The second kappa shape index (κ2) is 9.44. The van der Waals surface area contributed by atoms with E-state index < -0.39 is 28.5 Å². The molecule has 4 aliphatic carbocycles. The van der Waals surface area contributed by atoms with Crippen LogP contribution in [0.1, 0.15) is 45.4 Å². The monoisotopic (exact) mass is 529 g/mol. The minimum absolute atomic E-state index is 0.0657. The van der Waals surface area contributed by atoms with Crippen molar-refractivity contribution in [2.75, 3.05) is 0 Å². The van der Waals surface area contributed by atoms with Gasteiger partial charge < -0.3 is 9.47 Å². The van der Waals surface area contributed by atoms with Crippen LogP contribution in [-0.4, -0.2) is 11.8 Å². The van der Waals surface area contributed by atoms with Crippen LogP contribution in [0.5, 0.6) is 5.75 Å². The summed E-state index contributed by atoms with van der Waals surface area (Å²) in [4.78, 5) is 16.3. The highest BCUT2D eigenvalue weighted by atomic mass is 32.2. The zero-order valence-electron chi connectivity index (χ0n) is 21.7. The summed E-state index contributed by atoms with van der Waals surface area (Å²) in [6.45, 7) is 2.13. The zero-order chi connectivity index (χ0) is 25.9. The van der Waals surface area contributed by atoms with Crippen molar-refractivity contribution in [1.82, 2.24) is 0 Å². The third kappa shape index (κ3) is 3.88. The smallest absolute Gasteiger partial charge is 0.427 e. The highest BCUT2D eigenvalue weighted by Crippen LogP contribution is 2.70. The Morgan fingerprint density at radius 1 is 0.868 bits per heavy atom. The minimum Gasteiger partial charge on any atom is -0.427 e. The maximum atomic E-state index is 15.0. The Balaban J connectivity index is 1.14. The standard InChI is InChI=1S/C33H34FO3S/c1-2-33(20-23-18-27(33)31-22-14-13-21(17-22)30(23)31)37-32(35)36-29-19-26(15-16-28(29)34)38(24-9-5-3-6-10-24)25-11-7-4-8-12-25/h3-12,15-16,19,21-23,27,30-31H,2,13-14,17-18,20H2,1H3/q+1. The third-order valence-electron chi connectivity index (χ3n) is 10.1. The normalized spacial score (nSPS) is 32.5. The molecule has 0 aromatic heterocycles. The first-order valence-electron chi connectivity index (χ1n) is 14.1. The van der Waals surface area contributed by atoms with E-state index in [1.54, 1.807) is 12.1 Å². The van der Waals surface area contributed by atoms with Crippen LogP contribution in [0.15, 0.2) is 93.5 Å². The first-order chi connectivity index (χ1) is 18.6. The van der Waals surface area contributed by atoms with Crippen molar-refractivity contribution in [3.63, 3.8) is 0 Å². The van der Waals surface area contributed by atoms with Gasteiger partial charge >= 0.3 is 6.16 Å². The van der Waals surface area contributed by atoms with Crippen LogP contribution in [-0.2, 0) is 15.6 Å². The Hall–Kier alpha value is -2.79. The number of rotatable bonds is 6. The molecule has 5 heteroatoms. The van der Waals surface area contributed by atoms with Crippen molar-refractivity contribution in [2.45, 2.75) is 65.7 Å². The number of hydrogen-bond acceptors (Lipinski definition) is 3. The van der Waals surface area contributed by atoms with Gasteiger partial charge in [-0.2, -0.15) is 0 Å². The largest absolute Gasteiger partial charge is 0.514 e. The molecule has 0 heterocycles. The van der Waals surface area contributed by atoms with Gasteiger partial charge in [-0.1, -0.05) is 43.3 Å². The molecule has 3 aromatic carbocycles. The third-order valence-corrected chi connectivity index (χ3v) is 12.3. The van der Waals surface area contributed by atoms with Gasteiger partial charge in [-0.05, 0) is 105 Å². The summed E-state index contributed by atoms with van der Waals surface area (Å²) in [5, 5.41) is 0. The van der Waals surface area contributed by atoms with Crippen molar-refractivity contribution >= 4 is 17.1 Å². The summed E-state index contributed by atoms with van der Waals surface area (Å²) in [7, 11) is -0.466. The van der Waals surface area contributed by atoms with Gasteiger partial charge in [-0.3, -0.25) is 0 Å². The van der Waals surface area contributed by atoms with Crippen molar-refractivity contribution < 1.29 is 18.7 Å². The van der Waals surface area contributed by atoms with Crippen LogP contribution in [0.25, 0.3) is 0 Å². The Morgan fingerprint density at radius 2 is 1.53 bits per heavy atom. The molecule has 3 nitrogen and oxygen atoms in total. The SMILES string of the molecule is CCC1(OC(=O)Oc2cc([S+](c3ccccc3)c3ccccc3)ccc2F)CC2CC1C1C3CCC(C3)C21. The molecule has 7 atom stereocenters. The fourth-order valence-corrected chi connectivity index (χ4v) is 10.9. The summed E-state index contributed by atoms with van der Waals surface area (Å²) in [5.74, 6) is 3.68. The topological polar surface area (TPSA) is 35.5 Å². The van der Waals surface area contributed by atoms with E-state index in [2.05, 4.69) is 31.2 Å². The number of ether oxygens (including phenoxy) is 2. The molecule has 4 bridgehead atoms. The lowest BCUT2D eigenvalue weighted by atomic mass is 9.65. The molecule has 7 rings (SSSR count). The lowest BCUT2D eigenvalue weighted by Crippen LogP contribution is -2.47. The van der Waals surface area contributed by atoms with Gasteiger partial charge in [0.25, 0.3) is 0 Å². The van der Waals surface area contributed by atoms with Crippen LogP contribution >= 0.6 is 0 Å². The van der Waals surface area contributed by atoms with E-state index in [0.717, 1.165) is 45.3 Å². The Bertz CT molecular complexity index is 1290. The Labute approximate surface area is 227 Å². The fourth-order valence-electron chi connectivity index (χ4n) is 8.78. The number of benzene rings is 3. The van der Waals surface area contributed by atoms with E-state index in [-0.39, 0.29) is 5.75 Å². The summed E-state index contributed by atoms with van der Waals surface area (Å²) in [5.41, 5.74) is -0.472. The molecule has 0 spiro atoms. The number of hydrogen-bond donors (Lipinski definition) is 0. The van der Waals surface area contributed by atoms with Gasteiger partial charge in [0.1, 0.15) is 5.60 Å². The predicted octanol–water partition coefficient (Wildman–Crippen LogP) is 8.29. The van der Waals surface area contributed by atoms with Gasteiger partial charge in [-0.25, -0.2) is 9.18 Å². The molecule has 3 aromatic rings. The van der Waals surface area contributed by atoms with Crippen molar-refractivity contribution in [3.05, 3.63) is 84.7 Å². The quantitative estimate of drug-likeness (QED) is 0.139. The van der Waals surface area contributed by atoms with Gasteiger partial charge in [0.2, 0.25) is 0 Å².